The molecule has 0 fully saturated rings. The Morgan fingerprint density at radius 3 is 2.59 bits per heavy atom. The number of rotatable bonds is 3. The van der Waals surface area contributed by atoms with Gasteiger partial charge in [-0.2, -0.15) is 4.98 Å². The van der Waals surface area contributed by atoms with Crippen molar-refractivity contribution >= 4 is 17.9 Å². The molecule has 2 aromatic heterocycles. The Bertz CT molecular complexity index is 569. The predicted octanol–water partition coefficient (Wildman–Crippen LogP) is 1.53. The molecule has 2 N–H and O–H groups in total. The Labute approximate surface area is 95.1 Å². The Morgan fingerprint density at radius 2 is 2.06 bits per heavy atom. The van der Waals surface area contributed by atoms with Gasteiger partial charge >= 0.3 is 12.0 Å². The van der Waals surface area contributed by atoms with Gasteiger partial charge in [0.05, 0.1) is 5.69 Å². The van der Waals surface area contributed by atoms with E-state index in [9.17, 15) is 9.59 Å². The molecule has 1 amide bonds. The summed E-state index contributed by atoms with van der Waals surface area (Å²) in [6.45, 7) is 1.70. The summed E-state index contributed by atoms with van der Waals surface area (Å²) in [6.07, 6.45) is 1.38. The highest BCUT2D eigenvalue weighted by Gasteiger charge is 2.16. The zero-order valence-electron chi connectivity index (χ0n) is 8.76. The fourth-order valence-corrected chi connectivity index (χ4v) is 1.14. The molecule has 2 rings (SSSR count). The van der Waals surface area contributed by atoms with Gasteiger partial charge in [0.25, 0.3) is 5.91 Å². The Balaban J connectivity index is 2.11. The number of aromatic carboxylic acids is 1. The van der Waals surface area contributed by atoms with Gasteiger partial charge in [-0.25, -0.2) is 4.79 Å². The summed E-state index contributed by atoms with van der Waals surface area (Å²) in [6, 6.07) is 2.48. The summed E-state index contributed by atoms with van der Waals surface area (Å²) in [4.78, 5) is 26.0. The van der Waals surface area contributed by atoms with Crippen molar-refractivity contribution in [1.29, 1.82) is 0 Å². The number of hydrogen-bond acceptors (Lipinski definition) is 5. The molecule has 2 heterocycles. The molecule has 0 saturated carbocycles. The summed E-state index contributed by atoms with van der Waals surface area (Å²) in [5, 5.41) is 10.9. The van der Waals surface area contributed by atoms with Gasteiger partial charge in [-0.15, -0.1) is 0 Å². The maximum atomic E-state index is 11.6. The molecule has 7 heteroatoms. The number of hydrogen-bond donors (Lipinski definition) is 2. The van der Waals surface area contributed by atoms with Gasteiger partial charge < -0.3 is 13.9 Å². The number of carboxylic acids is 1. The maximum Gasteiger partial charge on any atom is 0.371 e. The Hall–Kier alpha value is -2.57. The van der Waals surface area contributed by atoms with E-state index in [1.165, 1.54) is 18.4 Å². The second-order valence-corrected chi connectivity index (χ2v) is 3.22. The second kappa shape index (κ2) is 4.12. The van der Waals surface area contributed by atoms with Crippen molar-refractivity contribution in [3.63, 3.8) is 0 Å². The number of aryl methyl sites for hydroxylation is 1. The Morgan fingerprint density at radius 1 is 1.35 bits per heavy atom. The lowest BCUT2D eigenvalue weighted by atomic mass is 10.4. The normalized spacial score (nSPS) is 10.2. The van der Waals surface area contributed by atoms with Crippen molar-refractivity contribution in [3.05, 3.63) is 35.6 Å². The molecular formula is C10H8N2O5. The lowest BCUT2D eigenvalue weighted by molar-refractivity contribution is 0.0660. The van der Waals surface area contributed by atoms with Gasteiger partial charge in [-0.05, 0) is 19.1 Å². The molecule has 17 heavy (non-hydrogen) atoms. The molecule has 0 atom stereocenters. The van der Waals surface area contributed by atoms with Gasteiger partial charge in [0.2, 0.25) is 5.76 Å². The second-order valence-electron chi connectivity index (χ2n) is 3.22. The number of carbonyl (C=O) groups excluding carboxylic acids is 1. The zero-order valence-corrected chi connectivity index (χ0v) is 8.76. The van der Waals surface area contributed by atoms with Crippen LogP contribution < -0.4 is 5.32 Å². The van der Waals surface area contributed by atoms with E-state index < -0.39 is 11.9 Å². The van der Waals surface area contributed by atoms with Crippen LogP contribution in [0.5, 0.6) is 0 Å². The minimum Gasteiger partial charge on any atom is -0.475 e. The van der Waals surface area contributed by atoms with Crippen molar-refractivity contribution in [3.8, 4) is 0 Å². The van der Waals surface area contributed by atoms with Crippen molar-refractivity contribution in [2.24, 2.45) is 0 Å². The van der Waals surface area contributed by atoms with E-state index in [1.807, 2.05) is 0 Å². The molecule has 0 aliphatic rings. The van der Waals surface area contributed by atoms with Gasteiger partial charge in [0.1, 0.15) is 6.26 Å². The number of amides is 1. The first-order chi connectivity index (χ1) is 8.06. The molecule has 7 nitrogen and oxygen atoms in total. The monoisotopic (exact) mass is 236 g/mol. The van der Waals surface area contributed by atoms with Crippen LogP contribution in [-0.2, 0) is 0 Å². The van der Waals surface area contributed by atoms with Crippen molar-refractivity contribution in [1.82, 2.24) is 4.98 Å². The van der Waals surface area contributed by atoms with Gasteiger partial charge in [0, 0.05) is 0 Å². The molecule has 0 aliphatic carbocycles. The number of oxazole rings is 1. The van der Waals surface area contributed by atoms with Crippen LogP contribution in [-0.4, -0.2) is 22.0 Å². The minimum atomic E-state index is -1.24. The van der Waals surface area contributed by atoms with E-state index in [2.05, 4.69) is 10.3 Å². The molecule has 0 unspecified atom stereocenters. The highest BCUT2D eigenvalue weighted by atomic mass is 16.4. The fraction of sp³-hybridized carbons (Fsp3) is 0.100. The van der Waals surface area contributed by atoms with E-state index in [4.69, 9.17) is 13.9 Å². The standard InChI is InChI=1S/C10H8N2O5/c1-5-4-16-10(11-5)12-8(13)6-2-3-7(17-6)9(14)15/h2-4H,1H3,(H,14,15)(H,11,12,13). The maximum absolute atomic E-state index is 11.6. The van der Waals surface area contributed by atoms with Crippen LogP contribution in [0, 0.1) is 6.92 Å². The van der Waals surface area contributed by atoms with Gasteiger partial charge in [-0.3, -0.25) is 10.1 Å². The largest absolute Gasteiger partial charge is 0.475 e. The van der Waals surface area contributed by atoms with Crippen LogP contribution >= 0.6 is 0 Å². The van der Waals surface area contributed by atoms with Gasteiger partial charge in [-0.1, -0.05) is 0 Å². The summed E-state index contributed by atoms with van der Waals surface area (Å²) in [5.74, 6) is -2.30. The first-order valence-electron chi connectivity index (χ1n) is 4.63. The molecule has 0 saturated heterocycles. The molecule has 0 radical (unpaired) electrons. The number of nitrogens with one attached hydrogen (secondary N) is 1. The van der Waals surface area contributed by atoms with E-state index in [1.54, 1.807) is 6.92 Å². The molecule has 0 aliphatic heterocycles. The van der Waals surface area contributed by atoms with Crippen LogP contribution in [0.1, 0.15) is 26.8 Å². The molecule has 0 spiro atoms. The van der Waals surface area contributed by atoms with Gasteiger partial charge in [0.15, 0.2) is 5.76 Å². The van der Waals surface area contributed by atoms with Crippen molar-refractivity contribution in [2.45, 2.75) is 6.92 Å². The van der Waals surface area contributed by atoms with E-state index in [-0.39, 0.29) is 17.5 Å². The number of anilines is 1. The number of furan rings is 1. The first-order valence-corrected chi connectivity index (χ1v) is 4.63. The van der Waals surface area contributed by atoms with E-state index in [0.717, 1.165) is 0 Å². The summed E-state index contributed by atoms with van der Waals surface area (Å²) >= 11 is 0. The molecule has 88 valence electrons. The molecule has 0 bridgehead atoms. The van der Waals surface area contributed by atoms with Crippen LogP contribution in [0.15, 0.2) is 27.2 Å². The minimum absolute atomic E-state index is 0.0285. The topological polar surface area (TPSA) is 106 Å². The average Bonchev–Trinajstić information content (AvgIpc) is 2.86. The summed E-state index contributed by atoms with van der Waals surface area (Å²) < 4.78 is 9.71. The van der Waals surface area contributed by atoms with E-state index in [0.29, 0.717) is 5.69 Å². The Kier molecular flexibility index (Phi) is 2.65. The average molecular weight is 236 g/mol. The van der Waals surface area contributed by atoms with E-state index >= 15 is 0 Å². The van der Waals surface area contributed by atoms with Crippen molar-refractivity contribution in [2.75, 3.05) is 5.32 Å². The number of aromatic nitrogens is 1. The lowest BCUT2D eigenvalue weighted by Crippen LogP contribution is -2.11. The van der Waals surface area contributed by atoms with Crippen LogP contribution in [0.4, 0.5) is 6.01 Å². The highest BCUT2D eigenvalue weighted by Crippen LogP contribution is 2.11. The number of nitrogens with zero attached hydrogens (tertiary/aromatic N) is 1. The molecule has 0 aromatic carbocycles. The summed E-state index contributed by atoms with van der Waals surface area (Å²) in [5.41, 5.74) is 0.617. The van der Waals surface area contributed by atoms with Crippen molar-refractivity contribution < 1.29 is 23.5 Å². The van der Waals surface area contributed by atoms with Crippen LogP contribution in [0.25, 0.3) is 0 Å². The molecule has 2 aromatic rings. The highest BCUT2D eigenvalue weighted by molar-refractivity contribution is 6.01. The quantitative estimate of drug-likeness (QED) is 0.836. The number of carbonyl (C=O) groups is 2. The third kappa shape index (κ3) is 2.33. The van der Waals surface area contributed by atoms with Crippen LogP contribution in [0.2, 0.25) is 0 Å². The predicted molar refractivity (Wildman–Crippen MR) is 54.9 cm³/mol. The lowest BCUT2D eigenvalue weighted by Gasteiger charge is -1.96. The molecular weight excluding hydrogens is 228 g/mol. The fourth-order valence-electron chi connectivity index (χ4n) is 1.14. The third-order valence-electron chi connectivity index (χ3n) is 1.88. The zero-order chi connectivity index (χ0) is 12.4. The summed E-state index contributed by atoms with van der Waals surface area (Å²) in [7, 11) is 0. The smallest absolute Gasteiger partial charge is 0.371 e. The first kappa shape index (κ1) is 10.9. The SMILES string of the molecule is Cc1coc(NC(=O)c2ccc(C(=O)O)o2)n1. The number of carboxylic acid groups (broad SMARTS) is 1. The third-order valence-corrected chi connectivity index (χ3v) is 1.88. The van der Waals surface area contributed by atoms with Crippen LogP contribution in [0.3, 0.4) is 0 Å².